The molecule has 3 aromatic rings. The lowest BCUT2D eigenvalue weighted by Crippen LogP contribution is -2.53. The zero-order chi connectivity index (χ0) is 25.7. The fourth-order valence-corrected chi connectivity index (χ4v) is 7.95. The second-order valence-corrected chi connectivity index (χ2v) is 12.4. The highest BCUT2D eigenvalue weighted by molar-refractivity contribution is 7.89. The van der Waals surface area contributed by atoms with Crippen molar-refractivity contribution in [2.45, 2.75) is 61.5 Å². The van der Waals surface area contributed by atoms with E-state index in [1.807, 2.05) is 6.07 Å². The molecule has 3 fully saturated rings. The molecule has 204 valence electrons. The first-order chi connectivity index (χ1) is 17.8. The fraction of sp³-hybridized carbons (Fsp3) is 0.500. The number of sulfonamides is 1. The average molecular weight is 560 g/mol. The van der Waals surface area contributed by atoms with E-state index in [2.05, 4.69) is 20.2 Å². The normalized spacial score (nSPS) is 21.9. The molecule has 0 spiro atoms. The maximum absolute atomic E-state index is 13.4. The van der Waals surface area contributed by atoms with E-state index >= 15 is 0 Å². The van der Waals surface area contributed by atoms with Crippen molar-refractivity contribution in [1.82, 2.24) is 29.1 Å². The van der Waals surface area contributed by atoms with Gasteiger partial charge < -0.3 is 20.1 Å². The highest BCUT2D eigenvalue weighted by Gasteiger charge is 2.44. The number of carbonyl (C=O) groups excluding carboxylic acids is 1. The van der Waals surface area contributed by atoms with Crippen molar-refractivity contribution in [2.24, 2.45) is 0 Å². The van der Waals surface area contributed by atoms with E-state index in [1.54, 1.807) is 53.8 Å². The highest BCUT2D eigenvalue weighted by atomic mass is 35.5. The van der Waals surface area contributed by atoms with E-state index in [1.165, 1.54) is 0 Å². The number of carbonyl (C=O) groups is 1. The zero-order valence-corrected chi connectivity index (χ0v) is 23.3. The van der Waals surface area contributed by atoms with Crippen LogP contribution in [0.5, 0.6) is 0 Å². The van der Waals surface area contributed by atoms with Gasteiger partial charge in [-0.15, -0.1) is 12.4 Å². The molecule has 2 N–H and O–H groups in total. The van der Waals surface area contributed by atoms with Crippen molar-refractivity contribution in [3.8, 4) is 0 Å². The van der Waals surface area contributed by atoms with Crippen LogP contribution in [0.3, 0.4) is 0 Å². The molecule has 1 aromatic carbocycles. The molecule has 1 amide bonds. The quantitative estimate of drug-likeness (QED) is 0.475. The van der Waals surface area contributed by atoms with Crippen LogP contribution < -0.4 is 10.6 Å². The number of fused-ring (bicyclic) bond motifs is 3. The van der Waals surface area contributed by atoms with Crippen LogP contribution in [0, 0.1) is 0 Å². The van der Waals surface area contributed by atoms with Crippen LogP contribution in [0.25, 0.3) is 11.0 Å². The van der Waals surface area contributed by atoms with Gasteiger partial charge in [-0.2, -0.15) is 9.29 Å². The summed E-state index contributed by atoms with van der Waals surface area (Å²) in [5.74, 6) is 0.360. The summed E-state index contributed by atoms with van der Waals surface area (Å²) in [4.78, 5) is 24.1. The van der Waals surface area contributed by atoms with Gasteiger partial charge in [-0.25, -0.2) is 13.4 Å². The van der Waals surface area contributed by atoms with Crippen LogP contribution in [0.1, 0.15) is 55.1 Å². The predicted octanol–water partition coefficient (Wildman–Crippen LogP) is 3.54. The van der Waals surface area contributed by atoms with Crippen molar-refractivity contribution in [3.63, 3.8) is 0 Å². The van der Waals surface area contributed by atoms with E-state index in [9.17, 15) is 13.2 Å². The minimum atomic E-state index is -3.55. The first-order valence-electron chi connectivity index (χ1n) is 13.0. The summed E-state index contributed by atoms with van der Waals surface area (Å²) in [6.45, 7) is 1.42. The number of anilines is 2. The van der Waals surface area contributed by atoms with Gasteiger partial charge in [-0.05, 0) is 56.0 Å². The van der Waals surface area contributed by atoms with Crippen molar-refractivity contribution in [2.75, 3.05) is 32.5 Å². The van der Waals surface area contributed by atoms with Crippen molar-refractivity contribution < 1.29 is 13.2 Å². The van der Waals surface area contributed by atoms with Crippen LogP contribution in [0.4, 0.5) is 11.6 Å². The van der Waals surface area contributed by atoms with Gasteiger partial charge in [0.2, 0.25) is 16.0 Å². The van der Waals surface area contributed by atoms with Gasteiger partial charge in [0.25, 0.3) is 5.91 Å². The van der Waals surface area contributed by atoms with Crippen LogP contribution in [0.15, 0.2) is 41.4 Å². The third kappa shape index (κ3) is 4.66. The van der Waals surface area contributed by atoms with Gasteiger partial charge >= 0.3 is 0 Å². The number of halogens is 1. The number of aromatic nitrogens is 3. The number of hydrogen-bond donors (Lipinski definition) is 2. The number of nitrogens with zero attached hydrogens (tertiary/aromatic N) is 5. The number of piperazine rings is 1. The molecule has 38 heavy (non-hydrogen) atoms. The molecule has 2 atom stereocenters. The van der Waals surface area contributed by atoms with E-state index in [-0.39, 0.29) is 36.4 Å². The Labute approximate surface area is 229 Å². The zero-order valence-electron chi connectivity index (χ0n) is 21.6. The first-order valence-corrected chi connectivity index (χ1v) is 14.5. The molecule has 2 aromatic heterocycles. The molecule has 1 saturated carbocycles. The lowest BCUT2D eigenvalue weighted by atomic mass is 10.2. The Balaban J connectivity index is 0.00000294. The Morgan fingerprint density at radius 3 is 2.32 bits per heavy atom. The molecule has 6 rings (SSSR count). The van der Waals surface area contributed by atoms with Gasteiger partial charge in [0.15, 0.2) is 0 Å². The minimum absolute atomic E-state index is 0. The largest absolute Gasteiger partial charge is 0.343 e. The number of rotatable bonds is 6. The van der Waals surface area contributed by atoms with Gasteiger partial charge in [-0.1, -0.05) is 12.8 Å². The summed E-state index contributed by atoms with van der Waals surface area (Å²) < 4.78 is 30.5. The molecular formula is C26H34ClN7O3S. The molecule has 2 saturated heterocycles. The summed E-state index contributed by atoms with van der Waals surface area (Å²) >= 11 is 0. The maximum Gasteiger partial charge on any atom is 0.270 e. The van der Waals surface area contributed by atoms with Gasteiger partial charge in [0.1, 0.15) is 11.3 Å². The van der Waals surface area contributed by atoms with Crippen LogP contribution >= 0.6 is 12.4 Å². The standard InChI is InChI=1S/C26H33N7O3S.ClH/c1-31(2)25(34)23-13-17-14-28-26(30-24(17)32(23)19-5-3-4-6-19)29-18-7-11-22(12-8-18)37(35,36)33-20-9-10-21(33)16-27-15-20;/h7-8,11-14,19-21,27H,3-6,9-10,15-16H2,1-2H3,(H,28,29,30);1H. The third-order valence-electron chi connectivity index (χ3n) is 7.89. The van der Waals surface area contributed by atoms with E-state index < -0.39 is 10.0 Å². The van der Waals surface area contributed by atoms with Gasteiger partial charge in [0.05, 0.1) is 4.90 Å². The molecule has 4 heterocycles. The molecule has 1 aliphatic carbocycles. The SMILES string of the molecule is CN(C)C(=O)c1cc2cnc(Nc3ccc(S(=O)(=O)N4C5CCC4CNC5)cc3)nc2n1C1CCCC1.Cl. The van der Waals surface area contributed by atoms with E-state index in [0.29, 0.717) is 35.3 Å². The summed E-state index contributed by atoms with van der Waals surface area (Å²) in [6.07, 6.45) is 7.87. The lowest BCUT2D eigenvalue weighted by Gasteiger charge is -2.34. The first kappa shape index (κ1) is 26.9. The highest BCUT2D eigenvalue weighted by Crippen LogP contribution is 2.35. The molecule has 2 bridgehead atoms. The van der Waals surface area contributed by atoms with Crippen LogP contribution in [-0.2, 0) is 10.0 Å². The second-order valence-electron chi connectivity index (χ2n) is 10.5. The lowest BCUT2D eigenvalue weighted by molar-refractivity contribution is 0.0815. The van der Waals surface area contributed by atoms with Crippen molar-refractivity contribution in [1.29, 1.82) is 0 Å². The Morgan fingerprint density at radius 2 is 1.68 bits per heavy atom. The summed E-state index contributed by atoms with van der Waals surface area (Å²) in [5, 5.41) is 7.37. The van der Waals surface area contributed by atoms with Gasteiger partial charge in [0, 0.05) is 62.6 Å². The van der Waals surface area contributed by atoms with Crippen molar-refractivity contribution >= 4 is 51.0 Å². The molecule has 0 radical (unpaired) electrons. The van der Waals surface area contributed by atoms with Gasteiger partial charge in [-0.3, -0.25) is 4.79 Å². The third-order valence-corrected chi connectivity index (χ3v) is 9.91. The second kappa shape index (κ2) is 10.4. The maximum atomic E-state index is 13.4. The molecule has 3 aliphatic rings. The summed E-state index contributed by atoms with van der Waals surface area (Å²) in [5.41, 5.74) is 2.07. The molecule has 2 unspecified atom stereocenters. The topological polar surface area (TPSA) is 112 Å². The monoisotopic (exact) mass is 559 g/mol. The number of nitrogens with one attached hydrogen (secondary N) is 2. The molecule has 2 aliphatic heterocycles. The van der Waals surface area contributed by atoms with Crippen LogP contribution in [0.2, 0.25) is 0 Å². The van der Waals surface area contributed by atoms with Crippen LogP contribution in [-0.4, -0.2) is 77.3 Å². The smallest absolute Gasteiger partial charge is 0.270 e. The summed E-state index contributed by atoms with van der Waals surface area (Å²) in [6, 6.07) is 8.97. The molecular weight excluding hydrogens is 526 g/mol. The predicted molar refractivity (Wildman–Crippen MR) is 149 cm³/mol. The fourth-order valence-electron chi connectivity index (χ4n) is 6.09. The number of benzene rings is 1. The number of hydrogen-bond acceptors (Lipinski definition) is 7. The Morgan fingerprint density at radius 1 is 1.03 bits per heavy atom. The number of amides is 1. The van der Waals surface area contributed by atoms with E-state index in [0.717, 1.165) is 49.6 Å². The molecule has 10 nitrogen and oxygen atoms in total. The Bertz CT molecular complexity index is 1420. The Hall–Kier alpha value is -2.73. The minimum Gasteiger partial charge on any atom is -0.343 e. The average Bonchev–Trinajstić information content (AvgIpc) is 3.60. The van der Waals surface area contributed by atoms with Crippen molar-refractivity contribution in [3.05, 3.63) is 42.2 Å². The Kier molecular flexibility index (Phi) is 7.38. The van der Waals surface area contributed by atoms with E-state index in [4.69, 9.17) is 4.98 Å². The molecule has 12 heteroatoms. The summed E-state index contributed by atoms with van der Waals surface area (Å²) in [7, 11) is -0.0320.